The lowest BCUT2D eigenvalue weighted by atomic mass is 10.2. The molecule has 3 aromatic rings. The highest BCUT2D eigenvalue weighted by Crippen LogP contribution is 2.55. The molecule has 1 unspecified atom stereocenters. The van der Waals surface area contributed by atoms with E-state index in [1.54, 1.807) is 0 Å². The van der Waals surface area contributed by atoms with Crippen molar-refractivity contribution >= 4 is 35.1 Å². The largest absolute Gasteiger partial charge is 0.481 e. The molecule has 0 saturated carbocycles. The van der Waals surface area contributed by atoms with Crippen molar-refractivity contribution in [2.45, 2.75) is 38.1 Å². The summed E-state index contributed by atoms with van der Waals surface area (Å²) in [5, 5.41) is 12.8. The zero-order valence-electron chi connectivity index (χ0n) is 19.4. The molecule has 5 nitrogen and oxygen atoms in total. The number of aliphatic carboxylic acids is 1. The molecule has 0 aliphatic heterocycles. The van der Waals surface area contributed by atoms with Gasteiger partial charge in [0.25, 0.3) is 0 Å². The SMILES string of the molecule is NC(CCC(=O)O)C(=O)OCCCCC[P+](c1ccccc1)(c1ccccc1)c1ccccc1. The van der Waals surface area contributed by atoms with E-state index in [9.17, 15) is 9.59 Å². The first-order chi connectivity index (χ1) is 16.5. The van der Waals surface area contributed by atoms with Gasteiger partial charge in [-0.2, -0.15) is 0 Å². The molecule has 3 aromatic carbocycles. The number of nitrogens with two attached hydrogens (primary N) is 1. The number of rotatable bonds is 13. The van der Waals surface area contributed by atoms with Crippen LogP contribution >= 0.6 is 7.26 Å². The topological polar surface area (TPSA) is 89.6 Å². The van der Waals surface area contributed by atoms with Crippen LogP contribution in [0.25, 0.3) is 0 Å². The average Bonchev–Trinajstić information content (AvgIpc) is 2.88. The maximum atomic E-state index is 12.0. The Labute approximate surface area is 202 Å². The molecule has 1 atom stereocenters. The summed E-state index contributed by atoms with van der Waals surface area (Å²) in [7, 11) is -1.84. The lowest BCUT2D eigenvalue weighted by Gasteiger charge is -2.27. The van der Waals surface area contributed by atoms with Crippen LogP contribution in [0.5, 0.6) is 0 Å². The minimum atomic E-state index is -1.84. The van der Waals surface area contributed by atoms with Crippen molar-refractivity contribution in [1.82, 2.24) is 0 Å². The van der Waals surface area contributed by atoms with Crippen molar-refractivity contribution in [2.75, 3.05) is 12.8 Å². The van der Waals surface area contributed by atoms with Gasteiger partial charge >= 0.3 is 11.9 Å². The number of carbonyl (C=O) groups excluding carboxylic acids is 1. The van der Waals surface area contributed by atoms with Crippen LogP contribution in [0.3, 0.4) is 0 Å². The van der Waals surface area contributed by atoms with Crippen LogP contribution in [-0.2, 0) is 14.3 Å². The van der Waals surface area contributed by atoms with E-state index in [-0.39, 0.29) is 12.8 Å². The zero-order valence-corrected chi connectivity index (χ0v) is 20.3. The molecule has 0 saturated heterocycles. The third-order valence-electron chi connectivity index (χ3n) is 5.95. The van der Waals surface area contributed by atoms with Gasteiger partial charge < -0.3 is 15.6 Å². The number of hydrogen-bond donors (Lipinski definition) is 2. The van der Waals surface area contributed by atoms with Crippen molar-refractivity contribution in [2.24, 2.45) is 5.73 Å². The van der Waals surface area contributed by atoms with Crippen LogP contribution in [0.2, 0.25) is 0 Å². The van der Waals surface area contributed by atoms with E-state index < -0.39 is 25.2 Å². The number of ether oxygens (including phenoxy) is 1. The fourth-order valence-electron chi connectivity index (χ4n) is 4.19. The Balaban J connectivity index is 1.68. The van der Waals surface area contributed by atoms with Crippen LogP contribution in [0.4, 0.5) is 0 Å². The van der Waals surface area contributed by atoms with Gasteiger partial charge in [0.15, 0.2) is 0 Å². The van der Waals surface area contributed by atoms with Crippen molar-refractivity contribution in [3.63, 3.8) is 0 Å². The van der Waals surface area contributed by atoms with Gasteiger partial charge in [-0.3, -0.25) is 9.59 Å². The summed E-state index contributed by atoms with van der Waals surface area (Å²) >= 11 is 0. The summed E-state index contributed by atoms with van der Waals surface area (Å²) in [6.07, 6.45) is 3.64. The standard InChI is InChI=1S/C28H32NO4P/c29-26(19-20-27(30)31)28(32)33-21-11-4-12-22-34(23-13-5-1-6-14-23,24-15-7-2-8-16-24)25-17-9-3-10-18-25/h1-3,5-10,13-18,26H,4,11-12,19-22,29H2/p+1. The van der Waals surface area contributed by atoms with E-state index >= 15 is 0 Å². The summed E-state index contributed by atoms with van der Waals surface area (Å²) in [5.41, 5.74) is 5.72. The molecule has 0 fully saturated rings. The average molecular weight is 479 g/mol. The monoisotopic (exact) mass is 478 g/mol. The highest BCUT2D eigenvalue weighted by Gasteiger charge is 2.44. The Morgan fingerprint density at radius 2 is 1.24 bits per heavy atom. The van der Waals surface area contributed by atoms with Crippen LogP contribution in [0.1, 0.15) is 32.1 Å². The molecular formula is C28H33NO4P+. The van der Waals surface area contributed by atoms with Gasteiger partial charge in [-0.15, -0.1) is 0 Å². The summed E-state index contributed by atoms with van der Waals surface area (Å²) in [4.78, 5) is 22.6. The molecule has 6 heteroatoms. The predicted molar refractivity (Wildman–Crippen MR) is 140 cm³/mol. The number of carbonyl (C=O) groups is 2. The first-order valence-electron chi connectivity index (χ1n) is 11.7. The molecule has 0 amide bonds. The minimum absolute atomic E-state index is 0.0897. The first kappa shape index (κ1) is 25.6. The molecule has 0 spiro atoms. The van der Waals surface area contributed by atoms with E-state index in [4.69, 9.17) is 15.6 Å². The number of hydrogen-bond acceptors (Lipinski definition) is 4. The van der Waals surface area contributed by atoms with Crippen LogP contribution in [0, 0.1) is 0 Å². The van der Waals surface area contributed by atoms with E-state index in [1.165, 1.54) is 15.9 Å². The minimum Gasteiger partial charge on any atom is -0.481 e. The second kappa shape index (κ2) is 13.0. The Morgan fingerprint density at radius 1 is 0.765 bits per heavy atom. The summed E-state index contributed by atoms with van der Waals surface area (Å²) in [5.74, 6) is -1.49. The maximum Gasteiger partial charge on any atom is 0.322 e. The first-order valence-corrected chi connectivity index (χ1v) is 13.7. The summed E-state index contributed by atoms with van der Waals surface area (Å²) in [6.45, 7) is 0.299. The predicted octanol–water partition coefficient (Wildman–Crippen LogP) is 3.89. The zero-order chi connectivity index (χ0) is 24.2. The van der Waals surface area contributed by atoms with E-state index in [1.807, 2.05) is 0 Å². The molecule has 0 aliphatic carbocycles. The Hall–Kier alpha value is -3.01. The van der Waals surface area contributed by atoms with E-state index in [2.05, 4.69) is 91.0 Å². The quantitative estimate of drug-likeness (QED) is 0.221. The normalized spacial score (nSPS) is 12.1. The van der Waals surface area contributed by atoms with Crippen LogP contribution < -0.4 is 21.6 Å². The molecule has 0 bridgehead atoms. The van der Waals surface area contributed by atoms with Crippen molar-refractivity contribution in [3.8, 4) is 0 Å². The lowest BCUT2D eigenvalue weighted by molar-refractivity contribution is -0.145. The van der Waals surface area contributed by atoms with Crippen molar-refractivity contribution < 1.29 is 19.4 Å². The molecule has 0 aliphatic rings. The van der Waals surface area contributed by atoms with Crippen LogP contribution in [-0.4, -0.2) is 35.9 Å². The molecule has 3 N–H and O–H groups in total. The van der Waals surface area contributed by atoms with E-state index in [0.717, 1.165) is 25.4 Å². The van der Waals surface area contributed by atoms with Gasteiger partial charge in [-0.1, -0.05) is 54.6 Å². The fraction of sp³-hybridized carbons (Fsp3) is 0.286. The van der Waals surface area contributed by atoms with Gasteiger partial charge in [0.1, 0.15) is 29.2 Å². The molecule has 34 heavy (non-hydrogen) atoms. The number of unbranched alkanes of at least 4 members (excludes halogenated alkanes) is 2. The summed E-state index contributed by atoms with van der Waals surface area (Å²) in [6, 6.07) is 31.4. The second-order valence-corrected chi connectivity index (χ2v) is 11.9. The highest BCUT2D eigenvalue weighted by molar-refractivity contribution is 7.95. The molecular weight excluding hydrogens is 445 g/mol. The number of benzene rings is 3. The van der Waals surface area contributed by atoms with Crippen LogP contribution in [0.15, 0.2) is 91.0 Å². The number of esters is 1. The molecule has 3 rings (SSSR count). The van der Waals surface area contributed by atoms with Crippen molar-refractivity contribution in [3.05, 3.63) is 91.0 Å². The Kier molecular flexibility index (Phi) is 9.81. The Bertz CT molecular complexity index is 931. The third-order valence-corrected chi connectivity index (χ3v) is 10.5. The van der Waals surface area contributed by atoms with Gasteiger partial charge in [-0.05, 0) is 62.1 Å². The summed E-state index contributed by atoms with van der Waals surface area (Å²) < 4.78 is 5.27. The second-order valence-electron chi connectivity index (χ2n) is 8.31. The van der Waals surface area contributed by atoms with Gasteiger partial charge in [0.2, 0.25) is 0 Å². The number of carboxylic acid groups (broad SMARTS) is 1. The maximum absolute atomic E-state index is 12.0. The molecule has 178 valence electrons. The number of carboxylic acids is 1. The van der Waals surface area contributed by atoms with Gasteiger partial charge in [0, 0.05) is 6.42 Å². The molecule has 0 heterocycles. The fourth-order valence-corrected chi connectivity index (χ4v) is 8.60. The van der Waals surface area contributed by atoms with E-state index in [0.29, 0.717) is 6.61 Å². The van der Waals surface area contributed by atoms with Crippen molar-refractivity contribution in [1.29, 1.82) is 0 Å². The smallest absolute Gasteiger partial charge is 0.322 e. The third kappa shape index (κ3) is 6.75. The van der Waals surface area contributed by atoms with Gasteiger partial charge in [-0.25, -0.2) is 0 Å². The highest BCUT2D eigenvalue weighted by atomic mass is 31.2. The Morgan fingerprint density at radius 3 is 1.68 bits per heavy atom. The van der Waals surface area contributed by atoms with Gasteiger partial charge in [0.05, 0.1) is 12.8 Å². The lowest BCUT2D eigenvalue weighted by Crippen LogP contribution is -2.33. The molecule has 0 radical (unpaired) electrons. The molecule has 0 aromatic heterocycles.